The summed E-state index contributed by atoms with van der Waals surface area (Å²) in [6.07, 6.45) is 5.17. The topological polar surface area (TPSA) is 90.7 Å². The number of terminal acetylenes is 1. The van der Waals surface area contributed by atoms with Crippen LogP contribution in [-0.2, 0) is 9.59 Å². The first-order valence-corrected chi connectivity index (χ1v) is 9.52. The minimum atomic E-state index is -0.453. The van der Waals surface area contributed by atoms with E-state index in [1.54, 1.807) is 13.0 Å². The van der Waals surface area contributed by atoms with E-state index in [1.807, 2.05) is 30.3 Å². The lowest BCUT2D eigenvalue weighted by atomic mass is 10.0. The number of hydrogen-bond donors (Lipinski definition) is 2. The number of piperazine rings is 1. The molecule has 0 saturated carbocycles. The molecule has 1 aliphatic heterocycles. The molecule has 2 heterocycles. The van der Waals surface area contributed by atoms with E-state index in [1.165, 1.54) is 0 Å². The Morgan fingerprint density at radius 1 is 1.24 bits per heavy atom. The van der Waals surface area contributed by atoms with Crippen LogP contribution in [0.25, 0.3) is 0 Å². The fourth-order valence-corrected chi connectivity index (χ4v) is 3.37. The molecule has 2 amide bonds. The van der Waals surface area contributed by atoms with Crippen molar-refractivity contribution in [3.63, 3.8) is 0 Å². The predicted octanol–water partition coefficient (Wildman–Crippen LogP) is 1.03. The SMILES string of the molecule is C#CCNC(=O)CN1CCN(C(C(=O)Nc2cc(C)on2)c2ccccc2)CC1. The second-order valence-corrected chi connectivity index (χ2v) is 6.92. The second-order valence-electron chi connectivity index (χ2n) is 6.92. The molecule has 3 rings (SSSR count). The third-order valence-electron chi connectivity index (χ3n) is 4.77. The van der Waals surface area contributed by atoms with E-state index < -0.39 is 6.04 Å². The molecule has 0 bridgehead atoms. The van der Waals surface area contributed by atoms with Gasteiger partial charge in [-0.15, -0.1) is 6.42 Å². The smallest absolute Gasteiger partial charge is 0.247 e. The molecule has 1 unspecified atom stereocenters. The van der Waals surface area contributed by atoms with Gasteiger partial charge in [-0.05, 0) is 12.5 Å². The molecule has 152 valence electrons. The standard InChI is InChI=1S/C21H25N5O3/c1-3-9-22-19(27)15-25-10-12-26(13-11-25)20(17-7-5-4-6-8-17)21(28)23-18-14-16(2)29-24-18/h1,4-8,14,20H,9-13,15H2,2H3,(H,22,27)(H,23,24,28). The average molecular weight is 395 g/mol. The van der Waals surface area contributed by atoms with E-state index in [0.717, 1.165) is 5.56 Å². The van der Waals surface area contributed by atoms with Crippen molar-refractivity contribution in [2.45, 2.75) is 13.0 Å². The van der Waals surface area contributed by atoms with Crippen LogP contribution in [0.1, 0.15) is 17.4 Å². The summed E-state index contributed by atoms with van der Waals surface area (Å²) in [4.78, 5) is 29.1. The molecule has 29 heavy (non-hydrogen) atoms. The highest BCUT2D eigenvalue weighted by molar-refractivity contribution is 5.94. The summed E-state index contributed by atoms with van der Waals surface area (Å²) in [5.74, 6) is 3.18. The number of benzene rings is 1. The Bertz CT molecular complexity index is 866. The first-order valence-electron chi connectivity index (χ1n) is 9.52. The highest BCUT2D eigenvalue weighted by Gasteiger charge is 2.31. The Morgan fingerprint density at radius 2 is 1.97 bits per heavy atom. The van der Waals surface area contributed by atoms with Gasteiger partial charge in [-0.3, -0.25) is 19.4 Å². The first-order chi connectivity index (χ1) is 14.1. The normalized spacial score (nSPS) is 16.0. The van der Waals surface area contributed by atoms with Gasteiger partial charge in [-0.1, -0.05) is 41.4 Å². The van der Waals surface area contributed by atoms with Gasteiger partial charge in [0.25, 0.3) is 0 Å². The number of nitrogens with zero attached hydrogens (tertiary/aromatic N) is 3. The molecule has 1 fully saturated rings. The van der Waals surface area contributed by atoms with Gasteiger partial charge in [0.1, 0.15) is 11.8 Å². The molecule has 1 saturated heterocycles. The van der Waals surface area contributed by atoms with E-state index in [0.29, 0.717) is 44.3 Å². The van der Waals surface area contributed by atoms with E-state index in [4.69, 9.17) is 10.9 Å². The average Bonchev–Trinajstić information content (AvgIpc) is 3.13. The van der Waals surface area contributed by atoms with Crippen molar-refractivity contribution < 1.29 is 14.1 Å². The zero-order chi connectivity index (χ0) is 20.6. The van der Waals surface area contributed by atoms with Crippen LogP contribution in [0.5, 0.6) is 0 Å². The lowest BCUT2D eigenvalue weighted by molar-refractivity contribution is -0.125. The summed E-state index contributed by atoms with van der Waals surface area (Å²) in [5, 5.41) is 9.37. The molecule has 1 aromatic heterocycles. The monoisotopic (exact) mass is 395 g/mol. The third-order valence-corrected chi connectivity index (χ3v) is 4.77. The fourth-order valence-electron chi connectivity index (χ4n) is 3.37. The largest absolute Gasteiger partial charge is 0.360 e. The molecule has 8 nitrogen and oxygen atoms in total. The molecule has 0 spiro atoms. The van der Waals surface area contributed by atoms with E-state index in [9.17, 15) is 9.59 Å². The van der Waals surface area contributed by atoms with Crippen LogP contribution < -0.4 is 10.6 Å². The first kappa shape index (κ1) is 20.6. The lowest BCUT2D eigenvalue weighted by Crippen LogP contribution is -2.52. The molecule has 1 aromatic carbocycles. The highest BCUT2D eigenvalue weighted by Crippen LogP contribution is 2.24. The lowest BCUT2D eigenvalue weighted by Gasteiger charge is -2.38. The summed E-state index contributed by atoms with van der Waals surface area (Å²) in [6.45, 7) is 5.00. The molecule has 1 atom stereocenters. The number of anilines is 1. The van der Waals surface area contributed by atoms with Gasteiger partial charge in [0.15, 0.2) is 5.82 Å². The molecule has 0 radical (unpaired) electrons. The van der Waals surface area contributed by atoms with E-state index in [2.05, 4.69) is 31.5 Å². The van der Waals surface area contributed by atoms with Crippen molar-refractivity contribution in [3.05, 3.63) is 47.7 Å². The quantitative estimate of drug-likeness (QED) is 0.681. The Labute approximate surface area is 170 Å². The number of hydrogen-bond acceptors (Lipinski definition) is 6. The van der Waals surface area contributed by atoms with Crippen molar-refractivity contribution in [2.75, 3.05) is 44.6 Å². The molecule has 8 heteroatoms. The zero-order valence-electron chi connectivity index (χ0n) is 16.4. The van der Waals surface area contributed by atoms with Gasteiger partial charge in [0, 0.05) is 32.2 Å². The van der Waals surface area contributed by atoms with Crippen LogP contribution in [0.4, 0.5) is 5.82 Å². The van der Waals surface area contributed by atoms with Crippen LogP contribution in [0.15, 0.2) is 40.9 Å². The highest BCUT2D eigenvalue weighted by atomic mass is 16.5. The summed E-state index contributed by atoms with van der Waals surface area (Å²) < 4.78 is 5.04. The summed E-state index contributed by atoms with van der Waals surface area (Å²) >= 11 is 0. The Morgan fingerprint density at radius 3 is 2.59 bits per heavy atom. The number of nitrogens with one attached hydrogen (secondary N) is 2. The Kier molecular flexibility index (Phi) is 7.00. The van der Waals surface area contributed by atoms with Crippen LogP contribution in [0.3, 0.4) is 0 Å². The minimum absolute atomic E-state index is 0.0878. The van der Waals surface area contributed by atoms with Gasteiger partial charge >= 0.3 is 0 Å². The number of amides is 2. The Balaban J connectivity index is 1.65. The van der Waals surface area contributed by atoms with Crippen molar-refractivity contribution in [3.8, 4) is 12.3 Å². The van der Waals surface area contributed by atoms with Crippen LogP contribution in [0.2, 0.25) is 0 Å². The third kappa shape index (κ3) is 5.67. The molecule has 0 aliphatic carbocycles. The maximum absolute atomic E-state index is 13.1. The number of rotatable bonds is 7. The molecule has 2 N–H and O–H groups in total. The number of aryl methyl sites for hydroxylation is 1. The van der Waals surface area contributed by atoms with E-state index >= 15 is 0 Å². The molecular weight excluding hydrogens is 370 g/mol. The summed E-state index contributed by atoms with van der Waals surface area (Å²) in [5.41, 5.74) is 0.908. The summed E-state index contributed by atoms with van der Waals surface area (Å²) in [6, 6.07) is 10.9. The molecule has 2 aromatic rings. The summed E-state index contributed by atoms with van der Waals surface area (Å²) in [7, 11) is 0. The maximum atomic E-state index is 13.1. The number of carbonyl (C=O) groups is 2. The number of aromatic nitrogens is 1. The maximum Gasteiger partial charge on any atom is 0.247 e. The van der Waals surface area contributed by atoms with Crippen molar-refractivity contribution in [1.29, 1.82) is 0 Å². The van der Waals surface area contributed by atoms with Crippen molar-refractivity contribution in [2.24, 2.45) is 0 Å². The van der Waals surface area contributed by atoms with Gasteiger partial charge in [-0.2, -0.15) is 0 Å². The predicted molar refractivity (Wildman–Crippen MR) is 109 cm³/mol. The van der Waals surface area contributed by atoms with Gasteiger partial charge in [-0.25, -0.2) is 0 Å². The van der Waals surface area contributed by atoms with E-state index in [-0.39, 0.29) is 18.4 Å². The Hall–Kier alpha value is -3.15. The van der Waals surface area contributed by atoms with Gasteiger partial charge < -0.3 is 15.2 Å². The van der Waals surface area contributed by atoms with Gasteiger partial charge in [0.2, 0.25) is 11.8 Å². The van der Waals surface area contributed by atoms with Crippen LogP contribution in [0, 0.1) is 19.3 Å². The van der Waals surface area contributed by atoms with Crippen LogP contribution >= 0.6 is 0 Å². The second kappa shape index (κ2) is 9.87. The fraction of sp³-hybridized carbons (Fsp3) is 0.381. The molecular formula is C21H25N5O3. The number of carbonyl (C=O) groups excluding carboxylic acids is 2. The zero-order valence-corrected chi connectivity index (χ0v) is 16.4. The van der Waals surface area contributed by atoms with Gasteiger partial charge in [0.05, 0.1) is 13.1 Å². The van der Waals surface area contributed by atoms with Crippen LogP contribution in [-0.4, -0.2) is 66.0 Å². The van der Waals surface area contributed by atoms with Crippen molar-refractivity contribution in [1.82, 2.24) is 20.3 Å². The molecule has 1 aliphatic rings. The van der Waals surface area contributed by atoms with Crippen molar-refractivity contribution >= 4 is 17.6 Å². The minimum Gasteiger partial charge on any atom is -0.360 e.